The van der Waals surface area contributed by atoms with Gasteiger partial charge >= 0.3 is 6.09 Å². The van der Waals surface area contributed by atoms with E-state index in [1.807, 2.05) is 91.0 Å². The molecule has 0 aromatic heterocycles. The molecule has 7 nitrogen and oxygen atoms in total. The Labute approximate surface area is 230 Å². The summed E-state index contributed by atoms with van der Waals surface area (Å²) in [6.07, 6.45) is -1.93. The second kappa shape index (κ2) is 13.5. The maximum Gasteiger partial charge on any atom is 0.417 e. The second-order valence-corrected chi connectivity index (χ2v) is 10.6. The number of imide groups is 1. The van der Waals surface area contributed by atoms with Crippen LogP contribution in [0.2, 0.25) is 0 Å². The standard InChI is InChI=1S/C32H37NO6/c1-32(2,3)39-31(35)33-27(23-36-20-24-13-7-4-8-14-24)30(38-22-26-17-11-6-12-18-26)28(19-29(33)34)37-21-25-15-9-5-10-16-25/h4-18,27-28,30H,19-23H2,1-3H3/t27-,28+,30-/m1/s1. The summed E-state index contributed by atoms with van der Waals surface area (Å²) in [5.74, 6) is -0.379. The van der Waals surface area contributed by atoms with Crippen LogP contribution in [0.4, 0.5) is 4.79 Å². The van der Waals surface area contributed by atoms with Crippen LogP contribution in [0.1, 0.15) is 43.9 Å². The second-order valence-electron chi connectivity index (χ2n) is 10.6. The van der Waals surface area contributed by atoms with Crippen molar-refractivity contribution in [1.29, 1.82) is 0 Å². The van der Waals surface area contributed by atoms with Gasteiger partial charge in [-0.3, -0.25) is 4.79 Å². The Hall–Kier alpha value is -3.52. The van der Waals surface area contributed by atoms with Crippen molar-refractivity contribution >= 4 is 12.0 Å². The van der Waals surface area contributed by atoms with Crippen LogP contribution in [-0.2, 0) is 43.6 Å². The molecule has 7 heteroatoms. The van der Waals surface area contributed by atoms with Crippen molar-refractivity contribution in [3.05, 3.63) is 108 Å². The summed E-state index contributed by atoms with van der Waals surface area (Å²) in [4.78, 5) is 27.9. The van der Waals surface area contributed by atoms with Crippen LogP contribution in [0.3, 0.4) is 0 Å². The molecule has 1 heterocycles. The third-order valence-electron chi connectivity index (χ3n) is 6.30. The highest BCUT2D eigenvalue weighted by molar-refractivity contribution is 5.93. The molecule has 1 saturated heterocycles. The fraction of sp³-hybridized carbons (Fsp3) is 0.375. The zero-order valence-electron chi connectivity index (χ0n) is 22.8. The average Bonchev–Trinajstić information content (AvgIpc) is 2.92. The van der Waals surface area contributed by atoms with E-state index in [9.17, 15) is 9.59 Å². The van der Waals surface area contributed by atoms with E-state index >= 15 is 0 Å². The van der Waals surface area contributed by atoms with Gasteiger partial charge in [0.1, 0.15) is 11.7 Å². The first-order valence-corrected chi connectivity index (χ1v) is 13.3. The number of likely N-dealkylation sites (tertiary alicyclic amines) is 1. The summed E-state index contributed by atoms with van der Waals surface area (Å²) in [5, 5.41) is 0. The lowest BCUT2D eigenvalue weighted by atomic mass is 9.95. The van der Waals surface area contributed by atoms with Crippen LogP contribution in [0.25, 0.3) is 0 Å². The topological polar surface area (TPSA) is 74.3 Å². The highest BCUT2D eigenvalue weighted by Gasteiger charge is 2.48. The maximum absolute atomic E-state index is 13.4. The molecule has 3 aromatic carbocycles. The summed E-state index contributed by atoms with van der Waals surface area (Å²) in [6, 6.07) is 28.6. The monoisotopic (exact) mass is 531 g/mol. The highest BCUT2D eigenvalue weighted by atomic mass is 16.6. The summed E-state index contributed by atoms with van der Waals surface area (Å²) >= 11 is 0. The minimum atomic E-state index is -0.770. The van der Waals surface area contributed by atoms with Crippen LogP contribution >= 0.6 is 0 Å². The van der Waals surface area contributed by atoms with E-state index in [0.29, 0.717) is 19.8 Å². The number of carbonyl (C=O) groups excluding carboxylic acids is 2. The third kappa shape index (κ3) is 8.48. The molecular formula is C32H37NO6. The fourth-order valence-electron chi connectivity index (χ4n) is 4.47. The van der Waals surface area contributed by atoms with Crippen molar-refractivity contribution in [2.24, 2.45) is 0 Å². The predicted octanol–water partition coefficient (Wildman–Crippen LogP) is 5.91. The highest BCUT2D eigenvalue weighted by Crippen LogP contribution is 2.29. The number of amides is 2. The fourth-order valence-corrected chi connectivity index (χ4v) is 4.47. The Morgan fingerprint density at radius 2 is 1.26 bits per heavy atom. The number of piperidine rings is 1. The molecular weight excluding hydrogens is 494 g/mol. The molecule has 2 amide bonds. The van der Waals surface area contributed by atoms with Crippen LogP contribution in [-0.4, -0.2) is 47.4 Å². The SMILES string of the molecule is CC(C)(C)OC(=O)N1C(=O)C[C@H](OCc2ccccc2)[C@H](OCc2ccccc2)[C@H]1COCc1ccccc1. The van der Waals surface area contributed by atoms with E-state index in [0.717, 1.165) is 21.6 Å². The maximum atomic E-state index is 13.4. The molecule has 0 unspecified atom stereocenters. The van der Waals surface area contributed by atoms with E-state index in [1.54, 1.807) is 20.8 Å². The molecule has 1 aliphatic rings. The summed E-state index contributed by atoms with van der Waals surface area (Å²) in [7, 11) is 0. The Kier molecular flexibility index (Phi) is 9.87. The lowest BCUT2D eigenvalue weighted by molar-refractivity contribution is -0.174. The van der Waals surface area contributed by atoms with Crippen LogP contribution in [0.5, 0.6) is 0 Å². The van der Waals surface area contributed by atoms with Crippen LogP contribution in [0, 0.1) is 0 Å². The van der Waals surface area contributed by atoms with Crippen molar-refractivity contribution in [3.8, 4) is 0 Å². The lowest BCUT2D eigenvalue weighted by Gasteiger charge is -2.43. The number of benzene rings is 3. The van der Waals surface area contributed by atoms with Crippen molar-refractivity contribution in [3.63, 3.8) is 0 Å². The van der Waals surface area contributed by atoms with Gasteiger partial charge in [-0.1, -0.05) is 91.0 Å². The Morgan fingerprint density at radius 3 is 1.77 bits per heavy atom. The first-order valence-electron chi connectivity index (χ1n) is 13.3. The van der Waals surface area contributed by atoms with E-state index in [1.165, 1.54) is 0 Å². The molecule has 0 aliphatic carbocycles. The summed E-state index contributed by atoms with van der Waals surface area (Å²) in [5.41, 5.74) is 2.18. The number of hydrogen-bond donors (Lipinski definition) is 0. The van der Waals surface area contributed by atoms with E-state index in [2.05, 4.69) is 0 Å². The molecule has 1 fully saturated rings. The molecule has 0 bridgehead atoms. The van der Waals surface area contributed by atoms with Gasteiger partial charge in [-0.05, 0) is 37.5 Å². The van der Waals surface area contributed by atoms with Crippen LogP contribution in [0.15, 0.2) is 91.0 Å². The van der Waals surface area contributed by atoms with Gasteiger partial charge < -0.3 is 18.9 Å². The largest absolute Gasteiger partial charge is 0.443 e. The van der Waals surface area contributed by atoms with Gasteiger partial charge in [-0.2, -0.15) is 0 Å². The van der Waals surface area contributed by atoms with E-state index in [4.69, 9.17) is 18.9 Å². The average molecular weight is 532 g/mol. The zero-order chi connectivity index (χ0) is 27.7. The Balaban J connectivity index is 1.59. The van der Waals surface area contributed by atoms with Gasteiger partial charge in [0.2, 0.25) is 5.91 Å². The van der Waals surface area contributed by atoms with Gasteiger partial charge in [0, 0.05) is 0 Å². The first kappa shape index (κ1) is 28.5. The molecule has 0 radical (unpaired) electrons. The molecule has 206 valence electrons. The number of hydrogen-bond acceptors (Lipinski definition) is 6. The Bertz CT molecular complexity index is 1180. The van der Waals surface area contributed by atoms with Gasteiger partial charge in [0.15, 0.2) is 0 Å². The Morgan fingerprint density at radius 1 is 0.769 bits per heavy atom. The van der Waals surface area contributed by atoms with Crippen LogP contribution < -0.4 is 0 Å². The molecule has 39 heavy (non-hydrogen) atoms. The minimum Gasteiger partial charge on any atom is -0.443 e. The van der Waals surface area contributed by atoms with Crippen molar-refractivity contribution in [2.45, 2.75) is 70.9 Å². The number of carbonyl (C=O) groups is 2. The zero-order valence-corrected chi connectivity index (χ0v) is 22.8. The normalized spacial score (nSPS) is 19.6. The molecule has 1 aliphatic heterocycles. The number of nitrogens with zero attached hydrogens (tertiary/aromatic N) is 1. The summed E-state index contributed by atoms with van der Waals surface area (Å²) < 4.78 is 24.4. The smallest absolute Gasteiger partial charge is 0.417 e. The third-order valence-corrected chi connectivity index (χ3v) is 6.30. The van der Waals surface area contributed by atoms with E-state index < -0.39 is 29.9 Å². The van der Waals surface area contributed by atoms with Gasteiger partial charge in [0.05, 0.1) is 45.0 Å². The number of ether oxygens (including phenoxy) is 4. The molecule has 0 spiro atoms. The number of rotatable bonds is 10. The molecule has 0 N–H and O–H groups in total. The molecule has 0 saturated carbocycles. The molecule has 4 rings (SSSR count). The van der Waals surface area contributed by atoms with Gasteiger partial charge in [-0.25, -0.2) is 9.69 Å². The first-order chi connectivity index (χ1) is 18.8. The predicted molar refractivity (Wildman–Crippen MR) is 148 cm³/mol. The summed E-state index contributed by atoms with van der Waals surface area (Å²) in [6.45, 7) is 6.33. The molecule has 3 atom stereocenters. The van der Waals surface area contributed by atoms with Crippen molar-refractivity contribution in [2.75, 3.05) is 6.61 Å². The van der Waals surface area contributed by atoms with Gasteiger partial charge in [0.25, 0.3) is 0 Å². The minimum absolute atomic E-state index is 0.0132. The van der Waals surface area contributed by atoms with Crippen molar-refractivity contribution < 1.29 is 28.5 Å². The van der Waals surface area contributed by atoms with Crippen molar-refractivity contribution in [1.82, 2.24) is 4.90 Å². The van der Waals surface area contributed by atoms with Gasteiger partial charge in [-0.15, -0.1) is 0 Å². The quantitative estimate of drug-likeness (QED) is 0.324. The molecule has 3 aromatic rings. The van der Waals surface area contributed by atoms with E-state index in [-0.39, 0.29) is 18.9 Å². The lowest BCUT2D eigenvalue weighted by Crippen LogP contribution is -2.62.